The molecule has 0 bridgehead atoms. The van der Waals surface area contributed by atoms with Crippen molar-refractivity contribution in [2.24, 2.45) is 5.41 Å². The van der Waals surface area contributed by atoms with Gasteiger partial charge in [0.2, 0.25) is 0 Å². The van der Waals surface area contributed by atoms with Crippen molar-refractivity contribution < 1.29 is 4.79 Å². The highest BCUT2D eigenvalue weighted by atomic mass is 16.2. The van der Waals surface area contributed by atoms with Gasteiger partial charge in [-0.1, -0.05) is 12.8 Å². The topological polar surface area (TPSA) is 32.3 Å². The molecule has 1 N–H and O–H groups in total. The van der Waals surface area contributed by atoms with Crippen LogP contribution in [0.2, 0.25) is 0 Å². The average Bonchev–Trinajstić information content (AvgIpc) is 2.65. The number of hydrogen-bond acceptors (Lipinski definition) is 1. The van der Waals surface area contributed by atoms with E-state index in [1.165, 1.54) is 38.5 Å². The average molecular weight is 238 g/mol. The van der Waals surface area contributed by atoms with Crippen LogP contribution in [0.1, 0.15) is 59.3 Å². The van der Waals surface area contributed by atoms with Crippen molar-refractivity contribution in [2.45, 2.75) is 64.8 Å². The molecule has 0 aromatic carbocycles. The maximum Gasteiger partial charge on any atom is 0.317 e. The molecule has 3 nitrogen and oxygen atoms in total. The first-order valence-electron chi connectivity index (χ1n) is 6.97. The molecule has 1 saturated heterocycles. The van der Waals surface area contributed by atoms with Crippen LogP contribution >= 0.6 is 0 Å². The van der Waals surface area contributed by atoms with E-state index in [1.54, 1.807) is 0 Å². The van der Waals surface area contributed by atoms with Crippen molar-refractivity contribution in [3.05, 3.63) is 0 Å². The molecule has 0 aromatic heterocycles. The number of hydrogen-bond donors (Lipinski definition) is 1. The van der Waals surface area contributed by atoms with Crippen molar-refractivity contribution in [2.75, 3.05) is 13.1 Å². The van der Waals surface area contributed by atoms with E-state index in [-0.39, 0.29) is 11.6 Å². The van der Waals surface area contributed by atoms with E-state index in [0.717, 1.165) is 13.1 Å². The van der Waals surface area contributed by atoms with E-state index in [0.29, 0.717) is 5.41 Å². The van der Waals surface area contributed by atoms with E-state index in [1.807, 2.05) is 25.7 Å². The maximum absolute atomic E-state index is 12.0. The summed E-state index contributed by atoms with van der Waals surface area (Å²) in [6.07, 6.45) is 8.00. The number of carbonyl (C=O) groups excluding carboxylic acids is 1. The second-order valence-electron chi connectivity index (χ2n) is 6.87. The van der Waals surface area contributed by atoms with Gasteiger partial charge in [0.1, 0.15) is 0 Å². The zero-order chi connectivity index (χ0) is 12.5. The summed E-state index contributed by atoms with van der Waals surface area (Å²) in [6.45, 7) is 8.00. The molecular formula is C14H26N2O. The molecule has 2 amide bonds. The Morgan fingerprint density at radius 3 is 2.06 bits per heavy atom. The number of amides is 2. The van der Waals surface area contributed by atoms with Crippen LogP contribution in [0.4, 0.5) is 4.79 Å². The van der Waals surface area contributed by atoms with Crippen LogP contribution in [0.15, 0.2) is 0 Å². The van der Waals surface area contributed by atoms with Crippen LogP contribution in [0, 0.1) is 5.41 Å². The lowest BCUT2D eigenvalue weighted by Crippen LogP contribution is -2.51. The standard InChI is InChI=1S/C14H26N2O/c1-13(2,3)15-12(17)16-10-8-14(9-11-16)6-4-5-7-14/h4-11H2,1-3H3,(H,15,17). The Morgan fingerprint density at radius 2 is 1.59 bits per heavy atom. The monoisotopic (exact) mass is 238 g/mol. The Morgan fingerprint density at radius 1 is 1.06 bits per heavy atom. The molecule has 0 atom stereocenters. The largest absolute Gasteiger partial charge is 0.333 e. The highest BCUT2D eigenvalue weighted by Crippen LogP contribution is 2.46. The summed E-state index contributed by atoms with van der Waals surface area (Å²) in [6, 6.07) is 0.116. The number of nitrogens with zero attached hydrogens (tertiary/aromatic N) is 1. The third kappa shape index (κ3) is 3.14. The molecule has 2 fully saturated rings. The summed E-state index contributed by atoms with van der Waals surface area (Å²) in [4.78, 5) is 14.0. The van der Waals surface area contributed by atoms with Gasteiger partial charge in [0.25, 0.3) is 0 Å². The Labute approximate surface area is 105 Å². The van der Waals surface area contributed by atoms with Gasteiger partial charge < -0.3 is 10.2 Å². The Hall–Kier alpha value is -0.730. The lowest BCUT2D eigenvalue weighted by Gasteiger charge is -2.40. The van der Waals surface area contributed by atoms with Crippen molar-refractivity contribution in [3.8, 4) is 0 Å². The summed E-state index contributed by atoms with van der Waals surface area (Å²) in [5.41, 5.74) is 0.470. The Balaban J connectivity index is 1.84. The van der Waals surface area contributed by atoms with Crippen molar-refractivity contribution >= 4 is 6.03 Å². The Kier molecular flexibility index (Phi) is 3.37. The molecule has 0 aromatic rings. The highest BCUT2D eigenvalue weighted by Gasteiger charge is 2.38. The van der Waals surface area contributed by atoms with E-state index < -0.39 is 0 Å². The van der Waals surface area contributed by atoms with Gasteiger partial charge >= 0.3 is 6.03 Å². The molecule has 17 heavy (non-hydrogen) atoms. The summed E-state index contributed by atoms with van der Waals surface area (Å²) in [5, 5.41) is 3.05. The van der Waals surface area contributed by atoms with Gasteiger partial charge in [-0.05, 0) is 51.9 Å². The first-order chi connectivity index (χ1) is 7.90. The second-order valence-corrected chi connectivity index (χ2v) is 6.87. The predicted molar refractivity (Wildman–Crippen MR) is 70.0 cm³/mol. The third-order valence-corrected chi connectivity index (χ3v) is 4.26. The van der Waals surface area contributed by atoms with E-state index in [4.69, 9.17) is 0 Å². The minimum absolute atomic E-state index is 0.116. The molecule has 1 saturated carbocycles. The van der Waals surface area contributed by atoms with Crippen LogP contribution in [0.5, 0.6) is 0 Å². The molecule has 98 valence electrons. The van der Waals surface area contributed by atoms with Gasteiger partial charge in [0.15, 0.2) is 0 Å². The first kappa shape index (κ1) is 12.7. The quantitative estimate of drug-likeness (QED) is 0.691. The minimum Gasteiger partial charge on any atom is -0.333 e. The molecule has 1 heterocycles. The Bertz CT molecular complexity index is 277. The number of likely N-dealkylation sites (tertiary alicyclic amines) is 1. The van der Waals surface area contributed by atoms with Crippen LogP contribution in [-0.4, -0.2) is 29.6 Å². The fraction of sp³-hybridized carbons (Fsp3) is 0.929. The number of carbonyl (C=O) groups is 1. The highest BCUT2D eigenvalue weighted by molar-refractivity contribution is 5.75. The minimum atomic E-state index is -0.125. The van der Waals surface area contributed by atoms with E-state index >= 15 is 0 Å². The van der Waals surface area contributed by atoms with Crippen LogP contribution < -0.4 is 5.32 Å². The normalized spacial score (nSPS) is 24.1. The molecule has 0 radical (unpaired) electrons. The lowest BCUT2D eigenvalue weighted by molar-refractivity contribution is 0.117. The van der Waals surface area contributed by atoms with E-state index in [2.05, 4.69) is 5.32 Å². The van der Waals surface area contributed by atoms with Gasteiger partial charge in [-0.15, -0.1) is 0 Å². The molecule has 1 aliphatic carbocycles. The first-order valence-corrected chi connectivity index (χ1v) is 6.97. The van der Waals surface area contributed by atoms with Gasteiger partial charge in [-0.25, -0.2) is 4.79 Å². The summed E-state index contributed by atoms with van der Waals surface area (Å²) in [7, 11) is 0. The van der Waals surface area contributed by atoms with E-state index in [9.17, 15) is 4.79 Å². The third-order valence-electron chi connectivity index (χ3n) is 4.26. The zero-order valence-electron chi connectivity index (χ0n) is 11.5. The number of rotatable bonds is 0. The number of piperidine rings is 1. The van der Waals surface area contributed by atoms with Crippen molar-refractivity contribution in [3.63, 3.8) is 0 Å². The van der Waals surface area contributed by atoms with Gasteiger partial charge in [-0.2, -0.15) is 0 Å². The van der Waals surface area contributed by atoms with Gasteiger partial charge in [0, 0.05) is 18.6 Å². The number of urea groups is 1. The summed E-state index contributed by atoms with van der Waals surface area (Å²) in [5.74, 6) is 0. The number of nitrogens with one attached hydrogen (secondary N) is 1. The van der Waals surface area contributed by atoms with Crippen molar-refractivity contribution in [1.82, 2.24) is 10.2 Å². The van der Waals surface area contributed by atoms with Crippen LogP contribution in [0.3, 0.4) is 0 Å². The molecule has 0 unspecified atom stereocenters. The molecule has 1 aliphatic heterocycles. The van der Waals surface area contributed by atoms with Crippen LogP contribution in [0.25, 0.3) is 0 Å². The fourth-order valence-corrected chi connectivity index (χ4v) is 3.21. The summed E-state index contributed by atoms with van der Waals surface area (Å²) >= 11 is 0. The molecule has 2 rings (SSSR count). The fourth-order valence-electron chi connectivity index (χ4n) is 3.21. The molecular weight excluding hydrogens is 212 g/mol. The van der Waals surface area contributed by atoms with Crippen LogP contribution in [-0.2, 0) is 0 Å². The predicted octanol–water partition coefficient (Wildman–Crippen LogP) is 3.15. The lowest BCUT2D eigenvalue weighted by atomic mass is 9.77. The SMILES string of the molecule is CC(C)(C)NC(=O)N1CCC2(CCCC2)CC1. The second kappa shape index (κ2) is 4.51. The smallest absolute Gasteiger partial charge is 0.317 e. The molecule has 1 spiro atoms. The van der Waals surface area contributed by atoms with Gasteiger partial charge in [-0.3, -0.25) is 0 Å². The molecule has 3 heteroatoms. The van der Waals surface area contributed by atoms with Crippen molar-refractivity contribution in [1.29, 1.82) is 0 Å². The summed E-state index contributed by atoms with van der Waals surface area (Å²) < 4.78 is 0. The molecule has 2 aliphatic rings. The van der Waals surface area contributed by atoms with Gasteiger partial charge in [0.05, 0.1) is 0 Å². The maximum atomic E-state index is 12.0. The zero-order valence-corrected chi connectivity index (χ0v) is 11.5.